The quantitative estimate of drug-likeness (QED) is 0.375. The Balaban J connectivity index is 1.27. The van der Waals surface area contributed by atoms with Gasteiger partial charge in [-0.1, -0.05) is 41.2 Å². The molecule has 3 heteroatoms. The SMILES string of the molecule is C=C(C(C)C)[C@H]1OC(C)(C)O[C@@H]1[C@@H](C)[C@H]1CC[C@H]2[C@@H]3C[C@@H](OC)[C@]45C[C@H]4CC[C@]5(C)[C@H]3CC[C@]12C. The Bertz CT molecular complexity index is 878. The fourth-order valence-corrected chi connectivity index (χ4v) is 11.5. The van der Waals surface area contributed by atoms with Crippen LogP contribution < -0.4 is 0 Å². The molecule has 0 bridgehead atoms. The molecule has 0 N–H and O–H groups in total. The van der Waals surface area contributed by atoms with Crippen molar-refractivity contribution in [3.8, 4) is 0 Å². The highest BCUT2D eigenvalue weighted by Crippen LogP contribution is 2.82. The lowest BCUT2D eigenvalue weighted by atomic mass is 9.45. The maximum atomic E-state index is 6.66. The van der Waals surface area contributed by atoms with Crippen LogP contribution in [0.2, 0.25) is 0 Å². The van der Waals surface area contributed by atoms with Gasteiger partial charge in [-0.25, -0.2) is 0 Å². The molecule has 6 rings (SSSR count). The van der Waals surface area contributed by atoms with Crippen LogP contribution >= 0.6 is 0 Å². The maximum Gasteiger partial charge on any atom is 0.164 e. The molecule has 0 aromatic heterocycles. The molecule has 0 aromatic rings. The normalized spacial score (nSPS) is 54.7. The van der Waals surface area contributed by atoms with Crippen molar-refractivity contribution >= 4 is 0 Å². The summed E-state index contributed by atoms with van der Waals surface area (Å²) in [7, 11) is 2.01. The van der Waals surface area contributed by atoms with Gasteiger partial charge in [-0.2, -0.15) is 0 Å². The van der Waals surface area contributed by atoms with E-state index in [1.165, 1.54) is 56.9 Å². The third-order valence-electron chi connectivity index (χ3n) is 13.3. The molecule has 6 fully saturated rings. The summed E-state index contributed by atoms with van der Waals surface area (Å²) < 4.78 is 19.5. The number of fused-ring (bicyclic) bond motifs is 4. The zero-order chi connectivity index (χ0) is 25.1. The molecule has 1 saturated heterocycles. The number of hydrogen-bond acceptors (Lipinski definition) is 3. The fraction of sp³-hybridized carbons (Fsp3) is 0.938. The van der Waals surface area contributed by atoms with Crippen molar-refractivity contribution in [3.63, 3.8) is 0 Å². The lowest BCUT2D eigenvalue weighted by Crippen LogP contribution is -2.57. The van der Waals surface area contributed by atoms with E-state index in [4.69, 9.17) is 14.2 Å². The van der Waals surface area contributed by atoms with Gasteiger partial charge in [0.15, 0.2) is 5.79 Å². The number of rotatable bonds is 5. The average molecular weight is 485 g/mol. The van der Waals surface area contributed by atoms with E-state index in [1.54, 1.807) is 0 Å². The summed E-state index contributed by atoms with van der Waals surface area (Å²) in [5, 5.41) is 0. The smallest absolute Gasteiger partial charge is 0.164 e. The summed E-state index contributed by atoms with van der Waals surface area (Å²) in [6, 6.07) is 0. The molecule has 5 aliphatic carbocycles. The van der Waals surface area contributed by atoms with Crippen LogP contribution in [-0.2, 0) is 14.2 Å². The van der Waals surface area contributed by atoms with E-state index >= 15 is 0 Å². The van der Waals surface area contributed by atoms with Crippen LogP contribution in [0.15, 0.2) is 12.2 Å². The summed E-state index contributed by atoms with van der Waals surface area (Å²) in [6.07, 6.45) is 11.8. The summed E-state index contributed by atoms with van der Waals surface area (Å²) in [4.78, 5) is 0. The summed E-state index contributed by atoms with van der Waals surface area (Å²) >= 11 is 0. The summed E-state index contributed by atoms with van der Waals surface area (Å²) in [6.45, 7) is 20.9. The minimum absolute atomic E-state index is 0.00981. The van der Waals surface area contributed by atoms with Crippen LogP contribution in [-0.4, -0.2) is 31.2 Å². The number of ether oxygens (including phenoxy) is 3. The van der Waals surface area contributed by atoms with Gasteiger partial charge >= 0.3 is 0 Å². The number of hydrogen-bond donors (Lipinski definition) is 0. The third-order valence-corrected chi connectivity index (χ3v) is 13.3. The zero-order valence-corrected chi connectivity index (χ0v) is 23.9. The van der Waals surface area contributed by atoms with Gasteiger partial charge in [-0.15, -0.1) is 0 Å². The first-order valence-corrected chi connectivity index (χ1v) is 15.0. The van der Waals surface area contributed by atoms with Crippen molar-refractivity contribution in [2.45, 2.75) is 124 Å². The molecule has 0 radical (unpaired) electrons. The predicted octanol–water partition coefficient (Wildman–Crippen LogP) is 7.64. The van der Waals surface area contributed by atoms with Crippen molar-refractivity contribution in [1.29, 1.82) is 0 Å². The molecular formula is C32H52O3. The largest absolute Gasteiger partial charge is 0.381 e. The van der Waals surface area contributed by atoms with Crippen LogP contribution in [0.1, 0.15) is 99.8 Å². The second kappa shape index (κ2) is 7.82. The van der Waals surface area contributed by atoms with Gasteiger partial charge in [0.05, 0.1) is 12.2 Å². The van der Waals surface area contributed by atoms with Crippen molar-refractivity contribution in [2.24, 2.45) is 57.7 Å². The highest BCUT2D eigenvalue weighted by atomic mass is 16.8. The Morgan fingerprint density at radius 1 is 0.943 bits per heavy atom. The third kappa shape index (κ3) is 3.19. The Labute approximate surface area is 215 Å². The molecule has 1 spiro atoms. The minimum Gasteiger partial charge on any atom is -0.381 e. The van der Waals surface area contributed by atoms with E-state index in [1.807, 2.05) is 7.11 Å². The monoisotopic (exact) mass is 484 g/mol. The van der Waals surface area contributed by atoms with Crippen LogP contribution in [0.5, 0.6) is 0 Å². The standard InChI is InChI=1S/C32H52O3/c1-18(2)19(3)27-28(35-29(5,6)34-27)20(4)23-10-11-24-22-16-26(33-9)32-17-21(32)12-15-31(32,8)25(22)13-14-30(23,24)7/h18,20-28H,3,10-17H2,1-2,4-9H3/t20-,21+,22-,23+,24-,25-,26+,27+,28+,30+,31+,32-/m0/s1. The van der Waals surface area contributed by atoms with Crippen LogP contribution in [0.3, 0.4) is 0 Å². The molecule has 5 saturated carbocycles. The molecule has 0 aromatic carbocycles. The van der Waals surface area contributed by atoms with Crippen LogP contribution in [0.25, 0.3) is 0 Å². The minimum atomic E-state index is -0.529. The number of methoxy groups -OCH3 is 1. The lowest BCUT2D eigenvalue weighted by Gasteiger charge is -2.61. The molecule has 3 nitrogen and oxygen atoms in total. The van der Waals surface area contributed by atoms with Gasteiger partial charge in [0.25, 0.3) is 0 Å². The van der Waals surface area contributed by atoms with E-state index in [2.05, 4.69) is 55.0 Å². The van der Waals surface area contributed by atoms with Crippen LogP contribution in [0.4, 0.5) is 0 Å². The van der Waals surface area contributed by atoms with Gasteiger partial charge in [0, 0.05) is 12.5 Å². The molecule has 1 aliphatic heterocycles. The molecule has 6 aliphatic rings. The fourth-order valence-electron chi connectivity index (χ4n) is 11.5. The van der Waals surface area contributed by atoms with E-state index < -0.39 is 5.79 Å². The highest BCUT2D eigenvalue weighted by molar-refractivity contribution is 5.26. The average Bonchev–Trinajstić information content (AvgIpc) is 3.11. The first kappa shape index (κ1) is 24.9. The molecule has 198 valence electrons. The second-order valence-corrected chi connectivity index (χ2v) is 15.1. The topological polar surface area (TPSA) is 27.7 Å². The summed E-state index contributed by atoms with van der Waals surface area (Å²) in [5.41, 5.74) is 2.64. The van der Waals surface area contributed by atoms with Crippen molar-refractivity contribution in [1.82, 2.24) is 0 Å². The van der Waals surface area contributed by atoms with Crippen molar-refractivity contribution in [2.75, 3.05) is 7.11 Å². The Morgan fingerprint density at radius 2 is 1.69 bits per heavy atom. The molecule has 0 unspecified atom stereocenters. The Hall–Kier alpha value is -0.380. The van der Waals surface area contributed by atoms with Gasteiger partial charge in [0.2, 0.25) is 0 Å². The second-order valence-electron chi connectivity index (χ2n) is 15.1. The van der Waals surface area contributed by atoms with E-state index in [0.717, 1.165) is 23.7 Å². The van der Waals surface area contributed by atoms with Crippen LogP contribution in [0, 0.1) is 57.7 Å². The van der Waals surface area contributed by atoms with E-state index in [0.29, 0.717) is 40.1 Å². The molecule has 0 amide bonds. The Morgan fingerprint density at radius 3 is 2.34 bits per heavy atom. The van der Waals surface area contributed by atoms with Crippen molar-refractivity contribution in [3.05, 3.63) is 12.2 Å². The molecule has 12 atom stereocenters. The van der Waals surface area contributed by atoms with Gasteiger partial charge < -0.3 is 14.2 Å². The zero-order valence-electron chi connectivity index (χ0n) is 23.9. The Kier molecular flexibility index (Phi) is 5.57. The lowest BCUT2D eigenvalue weighted by molar-refractivity contribution is -0.168. The van der Waals surface area contributed by atoms with E-state index in [9.17, 15) is 0 Å². The van der Waals surface area contributed by atoms with Crippen molar-refractivity contribution < 1.29 is 14.2 Å². The first-order chi connectivity index (χ1) is 16.4. The first-order valence-electron chi connectivity index (χ1n) is 15.0. The van der Waals surface area contributed by atoms with E-state index in [-0.39, 0.29) is 12.2 Å². The molecule has 1 heterocycles. The molecule has 35 heavy (non-hydrogen) atoms. The molecular weight excluding hydrogens is 432 g/mol. The highest BCUT2D eigenvalue weighted by Gasteiger charge is 2.77. The van der Waals surface area contributed by atoms with Gasteiger partial charge in [-0.05, 0) is 123 Å². The predicted molar refractivity (Wildman–Crippen MR) is 141 cm³/mol. The van der Waals surface area contributed by atoms with Gasteiger partial charge in [0.1, 0.15) is 6.10 Å². The summed E-state index contributed by atoms with van der Waals surface area (Å²) in [5.74, 6) is 4.59. The van der Waals surface area contributed by atoms with Gasteiger partial charge in [-0.3, -0.25) is 0 Å². The maximum absolute atomic E-state index is 6.66.